The Morgan fingerprint density at radius 2 is 1.03 bits per heavy atom. The highest BCUT2D eigenvalue weighted by molar-refractivity contribution is 5.09. The van der Waals surface area contributed by atoms with Gasteiger partial charge in [0.25, 0.3) is 0 Å². The molecule has 0 aliphatic rings. The predicted octanol–water partition coefficient (Wildman–Crippen LogP) is 7.02. The largest absolute Gasteiger partial charge is 0.241 e. The summed E-state index contributed by atoms with van der Waals surface area (Å²) in [5.74, 6) is 3.60. The molecule has 0 aliphatic heterocycles. The van der Waals surface area contributed by atoms with Crippen LogP contribution in [-0.4, -0.2) is 19.9 Å². The molecule has 0 aliphatic carbocycles. The van der Waals surface area contributed by atoms with Gasteiger partial charge in [0.15, 0.2) is 0 Å². The first-order chi connectivity index (χ1) is 13.2. The van der Waals surface area contributed by atoms with Crippen molar-refractivity contribution in [1.82, 2.24) is 19.9 Å². The second-order valence-corrected chi connectivity index (χ2v) is 9.36. The summed E-state index contributed by atoms with van der Waals surface area (Å²) in [7, 11) is 0. The van der Waals surface area contributed by atoms with Gasteiger partial charge in [0.2, 0.25) is 0 Å². The molecule has 30 heavy (non-hydrogen) atoms. The highest BCUT2D eigenvalue weighted by Gasteiger charge is 2.04. The maximum absolute atomic E-state index is 4.54. The Morgan fingerprint density at radius 1 is 0.600 bits per heavy atom. The summed E-state index contributed by atoms with van der Waals surface area (Å²) in [5.41, 5.74) is 3.52. The van der Waals surface area contributed by atoms with Crippen molar-refractivity contribution in [3.8, 4) is 0 Å². The van der Waals surface area contributed by atoms with Crippen molar-refractivity contribution < 1.29 is 0 Å². The normalized spacial score (nSPS) is 10.5. The van der Waals surface area contributed by atoms with Crippen LogP contribution in [0.25, 0.3) is 0 Å². The van der Waals surface area contributed by atoms with Crippen molar-refractivity contribution in [2.24, 2.45) is 23.7 Å². The van der Waals surface area contributed by atoms with Crippen LogP contribution in [0.4, 0.5) is 0 Å². The summed E-state index contributed by atoms with van der Waals surface area (Å²) in [5, 5.41) is 0. The van der Waals surface area contributed by atoms with Crippen LogP contribution in [0.2, 0.25) is 0 Å². The Hall–Kier alpha value is -1.84. The summed E-state index contributed by atoms with van der Waals surface area (Å²) in [4.78, 5) is 17.4. The van der Waals surface area contributed by atoms with Crippen LogP contribution in [0, 0.1) is 23.7 Å². The molecule has 0 aromatic carbocycles. The summed E-state index contributed by atoms with van der Waals surface area (Å²) < 4.78 is 0. The van der Waals surface area contributed by atoms with Gasteiger partial charge in [-0.15, -0.1) is 0 Å². The lowest BCUT2D eigenvalue weighted by Crippen LogP contribution is -2.04. The highest BCUT2D eigenvalue weighted by Crippen LogP contribution is 2.09. The van der Waals surface area contributed by atoms with E-state index in [1.807, 2.05) is 12.3 Å². The molecule has 0 amide bonds. The number of hydrogen-bond donors (Lipinski definition) is 0. The van der Waals surface area contributed by atoms with Crippen LogP contribution in [0.5, 0.6) is 0 Å². The molecule has 0 unspecified atom stereocenters. The molecule has 2 heterocycles. The summed E-state index contributed by atoms with van der Waals surface area (Å²) in [6.45, 7) is 17.7. The van der Waals surface area contributed by atoms with E-state index in [0.717, 1.165) is 31.5 Å². The molecule has 0 N–H and O–H groups in total. The van der Waals surface area contributed by atoms with E-state index in [1.54, 1.807) is 6.33 Å². The Bertz CT molecular complexity index is 568. The second kappa shape index (κ2) is 15.9. The zero-order chi connectivity index (χ0) is 21.1. The lowest BCUT2D eigenvalue weighted by molar-refractivity contribution is 0.600. The smallest absolute Gasteiger partial charge is 0.128 e. The van der Waals surface area contributed by atoms with Crippen molar-refractivity contribution in [3.63, 3.8) is 0 Å². The predicted molar refractivity (Wildman–Crippen MR) is 132 cm³/mol. The van der Waals surface area contributed by atoms with E-state index in [4.69, 9.17) is 0 Å². The van der Waals surface area contributed by atoms with Gasteiger partial charge in [-0.3, -0.25) is 0 Å². The lowest BCUT2D eigenvalue weighted by Gasteiger charge is -2.07. The molecule has 0 radical (unpaired) electrons. The van der Waals surface area contributed by atoms with Crippen molar-refractivity contribution in [2.75, 3.05) is 0 Å². The zero-order valence-corrected chi connectivity index (χ0v) is 19.2. The van der Waals surface area contributed by atoms with Crippen LogP contribution in [-0.2, 0) is 25.7 Å². The molecule has 2 aromatic heterocycles. The number of aromatic nitrogens is 4. The Balaban J connectivity index is 0. The fourth-order valence-corrected chi connectivity index (χ4v) is 2.94. The van der Waals surface area contributed by atoms with Crippen LogP contribution in [0.15, 0.2) is 24.7 Å². The van der Waals surface area contributed by atoms with E-state index in [9.17, 15) is 0 Å². The first-order valence-electron chi connectivity index (χ1n) is 10.8. The molecule has 0 saturated carbocycles. The van der Waals surface area contributed by atoms with Gasteiger partial charge in [-0.2, -0.15) is 0 Å². The van der Waals surface area contributed by atoms with E-state index in [0.29, 0.717) is 23.7 Å². The molecule has 4 heteroatoms. The molecule has 0 atom stereocenters. The second-order valence-electron chi connectivity index (χ2n) is 9.36. The minimum atomic E-state index is 0. The van der Waals surface area contributed by atoms with Crippen LogP contribution in [0.3, 0.4) is 0 Å². The van der Waals surface area contributed by atoms with E-state index in [1.165, 1.54) is 17.1 Å². The molecule has 0 bridgehead atoms. The van der Waals surface area contributed by atoms with Gasteiger partial charge in [0.05, 0.1) is 0 Å². The summed E-state index contributed by atoms with van der Waals surface area (Å²) >= 11 is 0. The van der Waals surface area contributed by atoms with Crippen LogP contribution < -0.4 is 0 Å². The molecular formula is C26H48N4. The Labute approximate surface area is 187 Å². The Morgan fingerprint density at radius 3 is 1.47 bits per heavy atom. The van der Waals surface area contributed by atoms with Gasteiger partial charge >= 0.3 is 0 Å². The summed E-state index contributed by atoms with van der Waals surface area (Å²) in [6.07, 6.45) is 7.69. The quantitative estimate of drug-likeness (QED) is 0.464. The molecular weight excluding hydrogens is 368 g/mol. The molecule has 172 valence electrons. The van der Waals surface area contributed by atoms with Crippen molar-refractivity contribution in [3.05, 3.63) is 47.6 Å². The van der Waals surface area contributed by atoms with Gasteiger partial charge in [0.1, 0.15) is 12.2 Å². The van der Waals surface area contributed by atoms with Crippen molar-refractivity contribution in [2.45, 2.75) is 95.9 Å². The molecule has 4 nitrogen and oxygen atoms in total. The van der Waals surface area contributed by atoms with Gasteiger partial charge in [-0.25, -0.2) is 19.9 Å². The van der Waals surface area contributed by atoms with E-state index < -0.39 is 0 Å². The lowest BCUT2D eigenvalue weighted by atomic mass is 10.0. The van der Waals surface area contributed by atoms with Gasteiger partial charge < -0.3 is 0 Å². The minimum absolute atomic E-state index is 0. The average molecular weight is 417 g/mol. The first-order valence-corrected chi connectivity index (χ1v) is 10.8. The van der Waals surface area contributed by atoms with Crippen molar-refractivity contribution >= 4 is 0 Å². The molecule has 2 rings (SSSR count). The first kappa shape index (κ1) is 30.4. The minimum Gasteiger partial charge on any atom is -0.241 e. The van der Waals surface area contributed by atoms with Gasteiger partial charge in [-0.05, 0) is 55.1 Å². The highest BCUT2D eigenvalue weighted by atomic mass is 14.9. The number of rotatable bonds is 8. The average Bonchev–Trinajstić information content (AvgIpc) is 2.53. The number of hydrogen-bond acceptors (Lipinski definition) is 4. The van der Waals surface area contributed by atoms with Crippen LogP contribution >= 0.6 is 0 Å². The SMILES string of the molecule is C.C.CC(C)Cc1cc(CC(C)C)ncn1.CC(C)Cc1ccnc(CC(C)C)n1. The van der Waals surface area contributed by atoms with Crippen molar-refractivity contribution in [1.29, 1.82) is 0 Å². The molecule has 2 aromatic rings. The Kier molecular flexibility index (Phi) is 16.1. The summed E-state index contributed by atoms with van der Waals surface area (Å²) in [6, 6.07) is 4.16. The molecule has 0 fully saturated rings. The maximum Gasteiger partial charge on any atom is 0.128 e. The van der Waals surface area contributed by atoms with E-state index >= 15 is 0 Å². The topological polar surface area (TPSA) is 51.6 Å². The standard InChI is InChI=1S/2C12H20N2.2CH4/c1-9(2)5-11-7-12(6-10(3)4)14-8-13-11;1-9(2)7-11-5-6-13-12(14-11)8-10(3)4;;/h7-10H,5-6H2,1-4H3;5-6,9-10H,7-8H2,1-4H3;2*1H4. The van der Waals surface area contributed by atoms with Gasteiger partial charge in [0, 0.05) is 29.7 Å². The van der Waals surface area contributed by atoms with Gasteiger partial charge in [-0.1, -0.05) is 70.2 Å². The number of nitrogens with zero attached hydrogens (tertiary/aromatic N) is 4. The third-order valence-corrected chi connectivity index (χ3v) is 3.99. The fourth-order valence-electron chi connectivity index (χ4n) is 2.94. The maximum atomic E-state index is 4.54. The third kappa shape index (κ3) is 14.2. The van der Waals surface area contributed by atoms with E-state index in [-0.39, 0.29) is 14.9 Å². The third-order valence-electron chi connectivity index (χ3n) is 3.99. The molecule has 0 spiro atoms. The van der Waals surface area contributed by atoms with E-state index in [2.05, 4.69) is 81.4 Å². The fraction of sp³-hybridized carbons (Fsp3) is 0.692. The van der Waals surface area contributed by atoms with Crippen LogP contribution in [0.1, 0.15) is 93.1 Å². The monoisotopic (exact) mass is 416 g/mol. The molecule has 0 saturated heterocycles. The zero-order valence-electron chi connectivity index (χ0n) is 19.2.